The van der Waals surface area contributed by atoms with Gasteiger partial charge in [-0.2, -0.15) is 0 Å². The van der Waals surface area contributed by atoms with Gasteiger partial charge in [0.2, 0.25) is 10.0 Å². The Morgan fingerprint density at radius 2 is 1.95 bits per heavy atom. The van der Waals surface area contributed by atoms with Gasteiger partial charge in [-0.1, -0.05) is 45.0 Å². The minimum absolute atomic E-state index is 0.0268. The molecule has 0 radical (unpaired) electrons. The van der Waals surface area contributed by atoms with E-state index in [1.165, 1.54) is 0 Å². The van der Waals surface area contributed by atoms with Crippen LogP contribution in [0, 0.1) is 5.41 Å². The third kappa shape index (κ3) is 3.81. The Kier molecular flexibility index (Phi) is 4.23. The minimum Gasteiger partial charge on any atom is -0.391 e. The Labute approximate surface area is 121 Å². The van der Waals surface area contributed by atoms with E-state index in [0.29, 0.717) is 12.8 Å². The van der Waals surface area contributed by atoms with E-state index in [4.69, 9.17) is 0 Å². The van der Waals surface area contributed by atoms with Gasteiger partial charge in [-0.05, 0) is 23.0 Å². The first-order valence-corrected chi connectivity index (χ1v) is 8.59. The predicted octanol–water partition coefficient (Wildman–Crippen LogP) is 2.00. The number of benzene rings is 1. The molecule has 20 heavy (non-hydrogen) atoms. The van der Waals surface area contributed by atoms with E-state index in [9.17, 15) is 13.5 Å². The van der Waals surface area contributed by atoms with Gasteiger partial charge in [0, 0.05) is 6.42 Å². The van der Waals surface area contributed by atoms with E-state index in [2.05, 4.69) is 4.72 Å². The van der Waals surface area contributed by atoms with Crippen molar-refractivity contribution < 1.29 is 13.5 Å². The summed E-state index contributed by atoms with van der Waals surface area (Å²) in [6.45, 7) is 6.05. The highest BCUT2D eigenvalue weighted by molar-refractivity contribution is 7.89. The SMILES string of the molecule is CC(C)(C)CCS(=O)(=O)N[C@H]1c2ccccc2C[C@H]1O. The zero-order chi connectivity index (χ0) is 15.0. The fourth-order valence-electron chi connectivity index (χ4n) is 2.41. The van der Waals surface area contributed by atoms with Crippen molar-refractivity contribution in [1.82, 2.24) is 4.72 Å². The molecule has 0 heterocycles. The first-order valence-electron chi connectivity index (χ1n) is 6.94. The summed E-state index contributed by atoms with van der Waals surface area (Å²) in [4.78, 5) is 0. The second-order valence-electron chi connectivity index (χ2n) is 6.70. The van der Waals surface area contributed by atoms with Crippen LogP contribution >= 0.6 is 0 Å². The quantitative estimate of drug-likeness (QED) is 0.893. The zero-order valence-electron chi connectivity index (χ0n) is 12.3. The number of aliphatic hydroxyl groups is 1. The van der Waals surface area contributed by atoms with Crippen molar-refractivity contribution in [3.8, 4) is 0 Å². The number of rotatable bonds is 4. The van der Waals surface area contributed by atoms with Crippen LogP contribution in [0.5, 0.6) is 0 Å². The maximum Gasteiger partial charge on any atom is 0.212 e. The Balaban J connectivity index is 2.10. The highest BCUT2D eigenvalue weighted by Crippen LogP contribution is 2.32. The van der Waals surface area contributed by atoms with Crippen molar-refractivity contribution in [2.24, 2.45) is 5.41 Å². The summed E-state index contributed by atoms with van der Waals surface area (Å²) >= 11 is 0. The van der Waals surface area contributed by atoms with Crippen molar-refractivity contribution in [3.63, 3.8) is 0 Å². The van der Waals surface area contributed by atoms with E-state index in [-0.39, 0.29) is 11.2 Å². The fraction of sp³-hybridized carbons (Fsp3) is 0.600. The first-order chi connectivity index (χ1) is 9.18. The summed E-state index contributed by atoms with van der Waals surface area (Å²) in [7, 11) is -3.38. The molecule has 1 aliphatic carbocycles. The smallest absolute Gasteiger partial charge is 0.212 e. The molecule has 0 fully saturated rings. The molecule has 0 aromatic heterocycles. The van der Waals surface area contributed by atoms with Crippen LogP contribution in [-0.4, -0.2) is 25.4 Å². The molecule has 2 atom stereocenters. The van der Waals surface area contributed by atoms with E-state index in [0.717, 1.165) is 11.1 Å². The highest BCUT2D eigenvalue weighted by atomic mass is 32.2. The number of aliphatic hydroxyl groups excluding tert-OH is 1. The van der Waals surface area contributed by atoms with Gasteiger partial charge in [0.15, 0.2) is 0 Å². The molecule has 5 heteroatoms. The lowest BCUT2D eigenvalue weighted by Crippen LogP contribution is -2.36. The number of nitrogens with one attached hydrogen (secondary N) is 1. The summed E-state index contributed by atoms with van der Waals surface area (Å²) in [6.07, 6.45) is 0.409. The lowest BCUT2D eigenvalue weighted by atomic mass is 9.94. The van der Waals surface area contributed by atoms with E-state index >= 15 is 0 Å². The molecule has 0 spiro atoms. The van der Waals surface area contributed by atoms with Gasteiger partial charge in [-0.15, -0.1) is 0 Å². The summed E-state index contributed by atoms with van der Waals surface area (Å²) < 4.78 is 27.0. The molecule has 0 amide bonds. The molecule has 1 aromatic carbocycles. The van der Waals surface area contributed by atoms with Crippen molar-refractivity contribution >= 4 is 10.0 Å². The Bertz CT molecular complexity index is 575. The third-order valence-electron chi connectivity index (χ3n) is 3.63. The van der Waals surface area contributed by atoms with Crippen molar-refractivity contribution in [2.45, 2.75) is 45.8 Å². The Hall–Kier alpha value is -0.910. The normalized spacial score (nSPS) is 22.8. The second kappa shape index (κ2) is 5.47. The second-order valence-corrected chi connectivity index (χ2v) is 8.57. The number of sulfonamides is 1. The van der Waals surface area contributed by atoms with Gasteiger partial charge >= 0.3 is 0 Å². The lowest BCUT2D eigenvalue weighted by molar-refractivity contribution is 0.151. The van der Waals surface area contributed by atoms with E-state index < -0.39 is 22.2 Å². The standard InChI is InChI=1S/C15H23NO3S/c1-15(2,3)8-9-20(18,19)16-14-12-7-5-4-6-11(12)10-13(14)17/h4-7,13-14,16-17H,8-10H2,1-3H3/t13-,14+/m1/s1. The third-order valence-corrected chi connectivity index (χ3v) is 4.99. The Morgan fingerprint density at radius 1 is 1.30 bits per heavy atom. The van der Waals surface area contributed by atoms with E-state index in [1.807, 2.05) is 45.0 Å². The van der Waals surface area contributed by atoms with Gasteiger partial charge in [0.05, 0.1) is 17.9 Å². The molecule has 1 aliphatic rings. The molecule has 112 valence electrons. The van der Waals surface area contributed by atoms with Crippen molar-refractivity contribution in [1.29, 1.82) is 0 Å². The van der Waals surface area contributed by atoms with Crippen LogP contribution in [0.3, 0.4) is 0 Å². The van der Waals surface area contributed by atoms with Gasteiger partial charge < -0.3 is 5.11 Å². The molecule has 0 aliphatic heterocycles. The maximum atomic E-state index is 12.2. The molecule has 0 saturated heterocycles. The maximum absolute atomic E-state index is 12.2. The van der Waals surface area contributed by atoms with Gasteiger partial charge in [-0.3, -0.25) is 0 Å². The predicted molar refractivity (Wildman–Crippen MR) is 79.9 cm³/mol. The highest BCUT2D eigenvalue weighted by Gasteiger charge is 2.33. The van der Waals surface area contributed by atoms with Crippen molar-refractivity contribution in [2.75, 3.05) is 5.75 Å². The average Bonchev–Trinajstić information content (AvgIpc) is 2.63. The molecule has 4 nitrogen and oxygen atoms in total. The topological polar surface area (TPSA) is 66.4 Å². The lowest BCUT2D eigenvalue weighted by Gasteiger charge is -2.21. The van der Waals surface area contributed by atoms with Gasteiger partial charge in [-0.25, -0.2) is 13.1 Å². The zero-order valence-corrected chi connectivity index (χ0v) is 13.1. The summed E-state index contributed by atoms with van der Waals surface area (Å²) in [5, 5.41) is 10.1. The van der Waals surface area contributed by atoms with Gasteiger partial charge in [0.1, 0.15) is 0 Å². The number of fused-ring (bicyclic) bond motifs is 1. The van der Waals surface area contributed by atoms with Crippen molar-refractivity contribution in [3.05, 3.63) is 35.4 Å². The first kappa shape index (κ1) is 15.5. The monoisotopic (exact) mass is 297 g/mol. The Morgan fingerprint density at radius 3 is 2.60 bits per heavy atom. The van der Waals surface area contributed by atoms with Crippen LogP contribution in [-0.2, 0) is 16.4 Å². The van der Waals surface area contributed by atoms with E-state index in [1.54, 1.807) is 0 Å². The summed E-state index contributed by atoms with van der Waals surface area (Å²) in [6, 6.07) is 7.07. The van der Waals surface area contributed by atoms with Crippen LogP contribution < -0.4 is 4.72 Å². The number of hydrogen-bond donors (Lipinski definition) is 2. The van der Waals surface area contributed by atoms with Crippen LogP contribution in [0.25, 0.3) is 0 Å². The molecule has 0 bridgehead atoms. The van der Waals surface area contributed by atoms with Gasteiger partial charge in [0.25, 0.3) is 0 Å². The molecular formula is C15H23NO3S. The summed E-state index contributed by atoms with van der Waals surface area (Å²) in [5.74, 6) is 0.0852. The van der Waals surface area contributed by atoms with Crippen LogP contribution in [0.4, 0.5) is 0 Å². The molecular weight excluding hydrogens is 274 g/mol. The molecule has 2 N–H and O–H groups in total. The van der Waals surface area contributed by atoms with Crippen LogP contribution in [0.15, 0.2) is 24.3 Å². The van der Waals surface area contributed by atoms with Crippen LogP contribution in [0.1, 0.15) is 44.4 Å². The van der Waals surface area contributed by atoms with Crippen LogP contribution in [0.2, 0.25) is 0 Å². The summed E-state index contributed by atoms with van der Waals surface area (Å²) in [5.41, 5.74) is 1.88. The largest absolute Gasteiger partial charge is 0.391 e. The molecule has 0 saturated carbocycles. The fourth-order valence-corrected chi connectivity index (χ4v) is 4.08. The average molecular weight is 297 g/mol. The molecule has 2 rings (SSSR count). The number of hydrogen-bond acceptors (Lipinski definition) is 3. The minimum atomic E-state index is -3.38. The molecule has 0 unspecified atom stereocenters. The molecule has 1 aromatic rings.